The number of rotatable bonds is 2. The van der Waals surface area contributed by atoms with Gasteiger partial charge < -0.3 is 5.32 Å². The lowest BCUT2D eigenvalue weighted by Gasteiger charge is -2.29. The largest absolute Gasteiger partial charge is 0.304 e. The minimum atomic E-state index is -0.111. The summed E-state index contributed by atoms with van der Waals surface area (Å²) >= 11 is 0. The molecular weight excluding hydrogens is 189 g/mol. The molecule has 0 aromatic heterocycles. The molecule has 0 amide bonds. The summed E-state index contributed by atoms with van der Waals surface area (Å²) in [5.41, 5.74) is 0.782. The molecule has 2 rings (SSSR count). The molecular formula is C13H16FN. The maximum atomic E-state index is 13.5. The van der Waals surface area contributed by atoms with Crippen LogP contribution in [0.1, 0.15) is 30.9 Å². The molecule has 1 nitrogen and oxygen atoms in total. The van der Waals surface area contributed by atoms with Gasteiger partial charge in [0.15, 0.2) is 0 Å². The number of hydrogen-bond donors (Lipinski definition) is 1. The fraction of sp³-hybridized carbons (Fsp3) is 0.385. The number of nitrogens with one attached hydrogen (secondary N) is 1. The second kappa shape index (κ2) is 4.58. The van der Waals surface area contributed by atoms with Crippen molar-refractivity contribution in [3.05, 3.63) is 48.3 Å². The molecule has 1 fully saturated rings. The quantitative estimate of drug-likeness (QED) is 0.731. The van der Waals surface area contributed by atoms with Crippen molar-refractivity contribution in [1.82, 2.24) is 5.32 Å². The van der Waals surface area contributed by atoms with Crippen LogP contribution in [0.2, 0.25) is 0 Å². The highest BCUT2D eigenvalue weighted by molar-refractivity contribution is 5.22. The molecule has 1 aromatic carbocycles. The van der Waals surface area contributed by atoms with Crippen molar-refractivity contribution in [2.45, 2.75) is 31.3 Å². The van der Waals surface area contributed by atoms with Gasteiger partial charge in [-0.3, -0.25) is 0 Å². The van der Waals surface area contributed by atoms with Crippen LogP contribution in [0, 0.1) is 5.82 Å². The maximum absolute atomic E-state index is 13.5. The topological polar surface area (TPSA) is 12.0 Å². The van der Waals surface area contributed by atoms with E-state index in [4.69, 9.17) is 0 Å². The summed E-state index contributed by atoms with van der Waals surface area (Å²) in [5.74, 6) is -0.111. The van der Waals surface area contributed by atoms with Crippen molar-refractivity contribution in [3.8, 4) is 0 Å². The van der Waals surface area contributed by atoms with Crippen molar-refractivity contribution in [3.63, 3.8) is 0 Å². The van der Waals surface area contributed by atoms with Crippen molar-refractivity contribution in [1.29, 1.82) is 0 Å². The third kappa shape index (κ3) is 2.26. The number of piperidine rings is 1. The monoisotopic (exact) mass is 205 g/mol. The Hall–Kier alpha value is -1.15. The van der Waals surface area contributed by atoms with E-state index in [1.807, 2.05) is 18.2 Å². The van der Waals surface area contributed by atoms with Crippen LogP contribution < -0.4 is 5.32 Å². The van der Waals surface area contributed by atoms with E-state index in [2.05, 4.69) is 11.9 Å². The van der Waals surface area contributed by atoms with Gasteiger partial charge in [-0.2, -0.15) is 0 Å². The van der Waals surface area contributed by atoms with E-state index in [9.17, 15) is 4.39 Å². The van der Waals surface area contributed by atoms with Gasteiger partial charge in [-0.1, -0.05) is 24.3 Å². The minimum Gasteiger partial charge on any atom is -0.304 e. The molecule has 1 N–H and O–H groups in total. The molecule has 0 saturated carbocycles. The molecule has 2 atom stereocenters. The molecule has 0 unspecified atom stereocenters. The Morgan fingerprint density at radius 2 is 2.13 bits per heavy atom. The van der Waals surface area contributed by atoms with Crippen LogP contribution >= 0.6 is 0 Å². The van der Waals surface area contributed by atoms with Gasteiger partial charge in [0.05, 0.1) is 0 Å². The first-order valence-corrected chi connectivity index (χ1v) is 5.44. The van der Waals surface area contributed by atoms with Gasteiger partial charge in [-0.25, -0.2) is 4.39 Å². The lowest BCUT2D eigenvalue weighted by molar-refractivity contribution is 0.355. The van der Waals surface area contributed by atoms with Crippen LogP contribution in [-0.4, -0.2) is 6.04 Å². The van der Waals surface area contributed by atoms with Gasteiger partial charge in [-0.05, 0) is 25.3 Å². The Morgan fingerprint density at radius 1 is 1.33 bits per heavy atom. The third-order valence-corrected chi connectivity index (χ3v) is 2.99. The number of halogens is 1. The zero-order valence-corrected chi connectivity index (χ0v) is 8.75. The van der Waals surface area contributed by atoms with Crippen molar-refractivity contribution in [2.24, 2.45) is 0 Å². The smallest absolute Gasteiger partial charge is 0.127 e. The molecule has 1 heterocycles. The van der Waals surface area contributed by atoms with Crippen LogP contribution in [0.3, 0.4) is 0 Å². The lowest BCUT2D eigenvalue weighted by atomic mass is 9.93. The molecule has 80 valence electrons. The summed E-state index contributed by atoms with van der Waals surface area (Å²) in [6.45, 7) is 3.78. The van der Waals surface area contributed by atoms with E-state index in [1.54, 1.807) is 6.07 Å². The van der Waals surface area contributed by atoms with E-state index in [1.165, 1.54) is 6.07 Å². The fourth-order valence-electron chi connectivity index (χ4n) is 2.16. The molecule has 0 aliphatic carbocycles. The highest BCUT2D eigenvalue weighted by Crippen LogP contribution is 2.27. The van der Waals surface area contributed by atoms with E-state index in [0.717, 1.165) is 24.8 Å². The molecule has 0 bridgehead atoms. The maximum Gasteiger partial charge on any atom is 0.127 e. The normalized spacial score (nSPS) is 26.2. The van der Waals surface area contributed by atoms with Crippen LogP contribution in [0.5, 0.6) is 0 Å². The zero-order chi connectivity index (χ0) is 10.7. The zero-order valence-electron chi connectivity index (χ0n) is 8.75. The highest BCUT2D eigenvalue weighted by atomic mass is 19.1. The Kier molecular flexibility index (Phi) is 3.17. The summed E-state index contributed by atoms with van der Waals surface area (Å²) in [5, 5.41) is 3.40. The first kappa shape index (κ1) is 10.4. The van der Waals surface area contributed by atoms with Gasteiger partial charge in [0, 0.05) is 17.6 Å². The summed E-state index contributed by atoms with van der Waals surface area (Å²) in [6, 6.07) is 7.46. The van der Waals surface area contributed by atoms with E-state index in [-0.39, 0.29) is 11.9 Å². The first-order chi connectivity index (χ1) is 7.31. The summed E-state index contributed by atoms with van der Waals surface area (Å²) in [4.78, 5) is 0. The van der Waals surface area contributed by atoms with Crippen molar-refractivity contribution < 1.29 is 4.39 Å². The van der Waals surface area contributed by atoms with E-state index in [0.29, 0.717) is 6.04 Å². The average Bonchev–Trinajstić information content (AvgIpc) is 2.30. The van der Waals surface area contributed by atoms with Crippen LogP contribution in [0.4, 0.5) is 4.39 Å². The SMILES string of the molecule is C=C[C@@H]1CCC[C@H](c2ccccc2F)N1. The minimum absolute atomic E-state index is 0.111. The average molecular weight is 205 g/mol. The molecule has 1 saturated heterocycles. The summed E-state index contributed by atoms with van der Waals surface area (Å²) in [7, 11) is 0. The molecule has 0 spiro atoms. The van der Waals surface area contributed by atoms with Gasteiger partial charge in [-0.15, -0.1) is 6.58 Å². The standard InChI is InChI=1S/C13H16FN/c1-2-10-6-5-9-13(15-10)11-7-3-4-8-12(11)14/h2-4,7-8,10,13,15H,1,5-6,9H2/t10-,13-/m1/s1. The highest BCUT2D eigenvalue weighted by Gasteiger charge is 2.21. The van der Waals surface area contributed by atoms with E-state index < -0.39 is 0 Å². The van der Waals surface area contributed by atoms with Gasteiger partial charge in [0.1, 0.15) is 5.82 Å². The Labute approximate surface area is 90.0 Å². The summed E-state index contributed by atoms with van der Waals surface area (Å²) in [6.07, 6.45) is 5.15. The van der Waals surface area contributed by atoms with Crippen molar-refractivity contribution in [2.75, 3.05) is 0 Å². The number of benzene rings is 1. The van der Waals surface area contributed by atoms with Gasteiger partial charge in [0.2, 0.25) is 0 Å². The Morgan fingerprint density at radius 3 is 2.87 bits per heavy atom. The Bertz CT molecular complexity index is 348. The second-order valence-electron chi connectivity index (χ2n) is 4.01. The fourth-order valence-corrected chi connectivity index (χ4v) is 2.16. The van der Waals surface area contributed by atoms with Gasteiger partial charge in [0.25, 0.3) is 0 Å². The first-order valence-electron chi connectivity index (χ1n) is 5.44. The van der Waals surface area contributed by atoms with Crippen LogP contribution in [0.25, 0.3) is 0 Å². The molecule has 2 heteroatoms. The van der Waals surface area contributed by atoms with Crippen LogP contribution in [0.15, 0.2) is 36.9 Å². The third-order valence-electron chi connectivity index (χ3n) is 2.99. The molecule has 0 radical (unpaired) electrons. The van der Waals surface area contributed by atoms with Gasteiger partial charge >= 0.3 is 0 Å². The van der Waals surface area contributed by atoms with E-state index >= 15 is 0 Å². The van der Waals surface area contributed by atoms with Crippen LogP contribution in [-0.2, 0) is 0 Å². The molecule has 1 aliphatic rings. The predicted octanol–water partition coefficient (Wildman–Crippen LogP) is 3.19. The summed E-state index contributed by atoms with van der Waals surface area (Å²) < 4.78 is 13.5. The predicted molar refractivity (Wildman–Crippen MR) is 60.1 cm³/mol. The Balaban J connectivity index is 2.16. The molecule has 15 heavy (non-hydrogen) atoms. The molecule has 1 aromatic rings. The molecule has 1 aliphatic heterocycles. The lowest BCUT2D eigenvalue weighted by Crippen LogP contribution is -2.35. The number of hydrogen-bond acceptors (Lipinski definition) is 1. The second-order valence-corrected chi connectivity index (χ2v) is 4.01. The van der Waals surface area contributed by atoms with Crippen molar-refractivity contribution >= 4 is 0 Å².